The molecule has 2 amide bonds. The van der Waals surface area contributed by atoms with Crippen LogP contribution in [0.5, 0.6) is 0 Å². The van der Waals surface area contributed by atoms with Crippen LogP contribution in [0.4, 0.5) is 4.79 Å². The number of aliphatic carboxylic acids is 1. The maximum atomic E-state index is 12.9. The number of alkyl carbamates (subject to hydrolysis) is 1. The molecule has 0 aromatic heterocycles. The molecule has 0 aliphatic heterocycles. The molecule has 2 aromatic rings. The van der Waals surface area contributed by atoms with Crippen molar-refractivity contribution in [2.45, 2.75) is 38.0 Å². The van der Waals surface area contributed by atoms with E-state index in [1.807, 2.05) is 24.3 Å². The highest BCUT2D eigenvalue weighted by Gasteiger charge is 2.33. The molecule has 7 nitrogen and oxygen atoms in total. The Labute approximate surface area is 200 Å². The summed E-state index contributed by atoms with van der Waals surface area (Å²) in [5, 5.41) is 11.8. The van der Waals surface area contributed by atoms with Crippen LogP contribution in [0, 0.1) is 11.8 Å². The molecule has 0 saturated heterocycles. The third kappa shape index (κ3) is 5.24. The second kappa shape index (κ2) is 10.7. The van der Waals surface area contributed by atoms with Crippen molar-refractivity contribution in [1.29, 1.82) is 0 Å². The lowest BCUT2D eigenvalue weighted by Crippen LogP contribution is -2.43. The summed E-state index contributed by atoms with van der Waals surface area (Å²) in [5.41, 5.74) is 4.70. The van der Waals surface area contributed by atoms with Crippen molar-refractivity contribution in [2.75, 3.05) is 26.7 Å². The molecule has 1 fully saturated rings. The molecule has 2 aliphatic rings. The quantitative estimate of drug-likeness (QED) is 0.608. The van der Waals surface area contributed by atoms with Gasteiger partial charge in [0.2, 0.25) is 5.91 Å². The third-order valence-electron chi connectivity index (χ3n) is 7.12. The lowest BCUT2D eigenvalue weighted by atomic mass is 9.78. The van der Waals surface area contributed by atoms with Crippen molar-refractivity contribution in [3.05, 3.63) is 59.7 Å². The molecule has 2 N–H and O–H groups in total. The summed E-state index contributed by atoms with van der Waals surface area (Å²) >= 11 is 0. The number of hydrogen-bond donors (Lipinski definition) is 2. The van der Waals surface area contributed by atoms with Gasteiger partial charge in [0.25, 0.3) is 0 Å². The summed E-state index contributed by atoms with van der Waals surface area (Å²) < 4.78 is 5.63. The SMILES string of the molecule is CN(CCC(=O)O)C(=O)C1CCCCC1CNC(=O)OCC1c2ccccc2-c2ccccc21. The average molecular weight is 465 g/mol. The van der Waals surface area contributed by atoms with Crippen LogP contribution in [0.1, 0.15) is 49.1 Å². The molecule has 0 radical (unpaired) electrons. The number of rotatable bonds is 8. The topological polar surface area (TPSA) is 95.9 Å². The fourth-order valence-corrected chi connectivity index (χ4v) is 5.30. The Hall–Kier alpha value is -3.35. The number of carboxylic acid groups (broad SMARTS) is 1. The minimum Gasteiger partial charge on any atom is -0.481 e. The van der Waals surface area contributed by atoms with E-state index >= 15 is 0 Å². The molecule has 7 heteroatoms. The predicted molar refractivity (Wildman–Crippen MR) is 128 cm³/mol. The van der Waals surface area contributed by atoms with Crippen LogP contribution in [-0.4, -0.2) is 54.7 Å². The number of fused-ring (bicyclic) bond motifs is 3. The Morgan fingerprint density at radius 1 is 1.00 bits per heavy atom. The van der Waals surface area contributed by atoms with E-state index in [-0.39, 0.29) is 43.2 Å². The first-order chi connectivity index (χ1) is 16.5. The van der Waals surface area contributed by atoms with Crippen LogP contribution < -0.4 is 5.32 Å². The van der Waals surface area contributed by atoms with E-state index in [0.29, 0.717) is 6.54 Å². The molecule has 2 unspecified atom stereocenters. The van der Waals surface area contributed by atoms with Gasteiger partial charge in [-0.2, -0.15) is 0 Å². The molecule has 0 bridgehead atoms. The van der Waals surface area contributed by atoms with Crippen molar-refractivity contribution in [1.82, 2.24) is 10.2 Å². The Balaban J connectivity index is 1.32. The summed E-state index contributed by atoms with van der Waals surface area (Å²) in [6, 6.07) is 16.4. The number of ether oxygens (including phenoxy) is 1. The molecule has 1 saturated carbocycles. The van der Waals surface area contributed by atoms with Gasteiger partial charge in [-0.15, -0.1) is 0 Å². The summed E-state index contributed by atoms with van der Waals surface area (Å²) in [5.74, 6) is -1.14. The van der Waals surface area contributed by atoms with Crippen LogP contribution in [0.25, 0.3) is 11.1 Å². The summed E-state index contributed by atoms with van der Waals surface area (Å²) in [4.78, 5) is 37.8. The zero-order chi connectivity index (χ0) is 24.1. The number of nitrogens with zero attached hydrogens (tertiary/aromatic N) is 1. The number of carboxylic acids is 1. The van der Waals surface area contributed by atoms with Gasteiger partial charge in [-0.05, 0) is 41.0 Å². The van der Waals surface area contributed by atoms with Crippen molar-refractivity contribution >= 4 is 18.0 Å². The van der Waals surface area contributed by atoms with E-state index in [4.69, 9.17) is 9.84 Å². The van der Waals surface area contributed by atoms with Gasteiger partial charge < -0.3 is 20.1 Å². The minimum atomic E-state index is -0.920. The Bertz CT molecular complexity index is 1010. The zero-order valence-electron chi connectivity index (χ0n) is 19.5. The molecule has 0 spiro atoms. The molecule has 2 atom stereocenters. The van der Waals surface area contributed by atoms with Crippen LogP contribution in [-0.2, 0) is 14.3 Å². The molecule has 0 heterocycles. The van der Waals surface area contributed by atoms with E-state index in [1.165, 1.54) is 27.2 Å². The number of amides is 2. The second-order valence-corrected chi connectivity index (χ2v) is 9.26. The zero-order valence-corrected chi connectivity index (χ0v) is 19.5. The standard InChI is InChI=1S/C27H32N2O5/c1-29(15-14-25(30)31)26(32)19-9-3-2-8-18(19)16-28-27(33)34-17-24-22-12-6-4-10-20(22)21-11-5-7-13-23(21)24/h4-7,10-13,18-19,24H,2-3,8-9,14-17H2,1H3,(H,28,33)(H,30,31). The number of nitrogens with one attached hydrogen (secondary N) is 1. The molecule has 2 aliphatic carbocycles. The van der Waals surface area contributed by atoms with E-state index < -0.39 is 12.1 Å². The maximum Gasteiger partial charge on any atom is 0.407 e. The molecular formula is C27H32N2O5. The molecular weight excluding hydrogens is 432 g/mol. The summed E-state index contributed by atoms with van der Waals surface area (Å²) in [6.07, 6.45) is 3.04. The highest BCUT2D eigenvalue weighted by Crippen LogP contribution is 2.44. The highest BCUT2D eigenvalue weighted by molar-refractivity contribution is 5.80. The first-order valence-electron chi connectivity index (χ1n) is 12.0. The van der Waals surface area contributed by atoms with Gasteiger partial charge in [0.15, 0.2) is 0 Å². The molecule has 2 aromatic carbocycles. The second-order valence-electron chi connectivity index (χ2n) is 9.26. The van der Waals surface area contributed by atoms with Crippen molar-refractivity contribution in [2.24, 2.45) is 11.8 Å². The van der Waals surface area contributed by atoms with Gasteiger partial charge in [-0.25, -0.2) is 4.79 Å². The van der Waals surface area contributed by atoms with Crippen LogP contribution in [0.3, 0.4) is 0 Å². The van der Waals surface area contributed by atoms with E-state index in [9.17, 15) is 14.4 Å². The van der Waals surface area contributed by atoms with Crippen LogP contribution in [0.2, 0.25) is 0 Å². The number of hydrogen-bond acceptors (Lipinski definition) is 4. The molecule has 180 valence electrons. The van der Waals surface area contributed by atoms with Gasteiger partial charge in [0.1, 0.15) is 6.61 Å². The minimum absolute atomic E-state index is 0.00467. The molecule has 4 rings (SSSR count). The van der Waals surface area contributed by atoms with Gasteiger partial charge in [-0.3, -0.25) is 9.59 Å². The first kappa shape index (κ1) is 23.8. The maximum absolute atomic E-state index is 12.9. The van der Waals surface area contributed by atoms with E-state index in [0.717, 1.165) is 25.7 Å². The Morgan fingerprint density at radius 3 is 2.26 bits per heavy atom. The number of carbonyl (C=O) groups is 3. The highest BCUT2D eigenvalue weighted by atomic mass is 16.5. The third-order valence-corrected chi connectivity index (χ3v) is 7.12. The number of carbonyl (C=O) groups excluding carboxylic acids is 2. The largest absolute Gasteiger partial charge is 0.481 e. The van der Waals surface area contributed by atoms with Crippen LogP contribution >= 0.6 is 0 Å². The van der Waals surface area contributed by atoms with Crippen LogP contribution in [0.15, 0.2) is 48.5 Å². The average Bonchev–Trinajstić information content (AvgIpc) is 3.18. The lowest BCUT2D eigenvalue weighted by molar-refractivity contribution is -0.140. The van der Waals surface area contributed by atoms with Crippen molar-refractivity contribution in [3.8, 4) is 11.1 Å². The monoisotopic (exact) mass is 464 g/mol. The number of benzene rings is 2. The summed E-state index contributed by atoms with van der Waals surface area (Å²) in [7, 11) is 1.65. The Kier molecular flexibility index (Phi) is 7.50. The van der Waals surface area contributed by atoms with Crippen molar-refractivity contribution < 1.29 is 24.2 Å². The Morgan fingerprint density at radius 2 is 1.62 bits per heavy atom. The summed E-state index contributed by atoms with van der Waals surface area (Å²) in [6.45, 7) is 0.821. The van der Waals surface area contributed by atoms with E-state index in [1.54, 1.807) is 7.05 Å². The van der Waals surface area contributed by atoms with Gasteiger partial charge >= 0.3 is 12.1 Å². The fraction of sp³-hybridized carbons (Fsp3) is 0.444. The van der Waals surface area contributed by atoms with Gasteiger partial charge in [-0.1, -0.05) is 61.4 Å². The lowest BCUT2D eigenvalue weighted by Gasteiger charge is -2.33. The van der Waals surface area contributed by atoms with Gasteiger partial charge in [0, 0.05) is 32.0 Å². The van der Waals surface area contributed by atoms with Gasteiger partial charge in [0.05, 0.1) is 6.42 Å². The fourth-order valence-electron chi connectivity index (χ4n) is 5.30. The molecule has 34 heavy (non-hydrogen) atoms. The smallest absolute Gasteiger partial charge is 0.407 e. The first-order valence-corrected chi connectivity index (χ1v) is 12.0. The predicted octanol–water partition coefficient (Wildman–Crippen LogP) is 4.26. The normalized spacial score (nSPS) is 19.1. The van der Waals surface area contributed by atoms with E-state index in [2.05, 4.69) is 29.6 Å². The van der Waals surface area contributed by atoms with Crippen molar-refractivity contribution in [3.63, 3.8) is 0 Å².